The fraction of sp³-hybridized carbons (Fsp3) is 0.500. The van der Waals surface area contributed by atoms with Crippen LogP contribution in [-0.4, -0.2) is 34.5 Å². The van der Waals surface area contributed by atoms with Crippen LogP contribution >= 0.6 is 0 Å². The maximum absolute atomic E-state index is 10.5. The van der Waals surface area contributed by atoms with Crippen molar-refractivity contribution >= 4 is 12.2 Å². The SMILES string of the molecule is C=CC([C@H](O)CC=N)[C@H](N)C(=O)O. The van der Waals surface area contributed by atoms with Gasteiger partial charge in [0, 0.05) is 12.3 Å². The predicted octanol–water partition coefficient (Wildman–Crippen LogP) is -0.399. The van der Waals surface area contributed by atoms with Crippen LogP contribution in [0.4, 0.5) is 0 Å². The van der Waals surface area contributed by atoms with Gasteiger partial charge in [0.05, 0.1) is 6.10 Å². The molecule has 3 atom stereocenters. The molecule has 0 aromatic rings. The number of aliphatic hydroxyl groups excluding tert-OH is 1. The van der Waals surface area contributed by atoms with Gasteiger partial charge in [-0.2, -0.15) is 0 Å². The molecule has 0 saturated heterocycles. The van der Waals surface area contributed by atoms with Crippen LogP contribution in [0.1, 0.15) is 6.42 Å². The largest absolute Gasteiger partial charge is 0.480 e. The molecule has 74 valence electrons. The van der Waals surface area contributed by atoms with Gasteiger partial charge in [0.2, 0.25) is 0 Å². The normalized spacial score (nSPS) is 17.1. The lowest BCUT2D eigenvalue weighted by Crippen LogP contribution is -2.42. The van der Waals surface area contributed by atoms with E-state index in [0.29, 0.717) is 0 Å². The summed E-state index contributed by atoms with van der Waals surface area (Å²) < 4.78 is 0. The van der Waals surface area contributed by atoms with Crippen LogP contribution in [0.5, 0.6) is 0 Å². The average Bonchev–Trinajstić information content (AvgIpc) is 2.05. The number of aliphatic carboxylic acids is 1. The first-order valence-electron chi connectivity index (χ1n) is 3.82. The van der Waals surface area contributed by atoms with Gasteiger partial charge in [-0.1, -0.05) is 6.08 Å². The number of carboxylic acids is 1. The van der Waals surface area contributed by atoms with Crippen LogP contribution in [0.3, 0.4) is 0 Å². The Morgan fingerprint density at radius 2 is 2.23 bits per heavy atom. The Morgan fingerprint density at radius 1 is 1.69 bits per heavy atom. The lowest BCUT2D eigenvalue weighted by molar-refractivity contribution is -0.140. The van der Waals surface area contributed by atoms with E-state index in [9.17, 15) is 9.90 Å². The summed E-state index contributed by atoms with van der Waals surface area (Å²) in [5.74, 6) is -1.91. The standard InChI is InChI=1S/C8H14N2O3/c1-2-5(6(11)3-4-9)7(10)8(12)13/h2,4-7,9,11H,1,3,10H2,(H,12,13)/t5?,6-,7+/m1/s1. The van der Waals surface area contributed by atoms with Gasteiger partial charge < -0.3 is 21.4 Å². The molecular weight excluding hydrogens is 172 g/mol. The first kappa shape index (κ1) is 11.8. The summed E-state index contributed by atoms with van der Waals surface area (Å²) in [7, 11) is 0. The van der Waals surface area contributed by atoms with Crippen molar-refractivity contribution in [2.24, 2.45) is 11.7 Å². The number of nitrogens with one attached hydrogen (secondary N) is 1. The Labute approximate surface area is 76.4 Å². The minimum atomic E-state index is -1.19. The number of hydrogen-bond donors (Lipinski definition) is 4. The van der Waals surface area contributed by atoms with Crippen LogP contribution in [-0.2, 0) is 4.79 Å². The number of aliphatic hydroxyl groups is 1. The van der Waals surface area contributed by atoms with Gasteiger partial charge >= 0.3 is 5.97 Å². The third-order valence-electron chi connectivity index (χ3n) is 1.78. The molecule has 5 N–H and O–H groups in total. The molecule has 5 nitrogen and oxygen atoms in total. The number of carbonyl (C=O) groups is 1. The summed E-state index contributed by atoms with van der Waals surface area (Å²) in [6.45, 7) is 3.39. The topological polar surface area (TPSA) is 107 Å². The van der Waals surface area contributed by atoms with Gasteiger partial charge in [-0.15, -0.1) is 6.58 Å². The molecule has 0 aliphatic carbocycles. The van der Waals surface area contributed by atoms with Gasteiger partial charge in [0.15, 0.2) is 0 Å². The van der Waals surface area contributed by atoms with E-state index in [1.165, 1.54) is 6.08 Å². The zero-order valence-electron chi connectivity index (χ0n) is 7.18. The number of rotatable bonds is 6. The third-order valence-corrected chi connectivity index (χ3v) is 1.78. The van der Waals surface area contributed by atoms with Crippen LogP contribution < -0.4 is 5.73 Å². The van der Waals surface area contributed by atoms with E-state index in [-0.39, 0.29) is 6.42 Å². The molecule has 0 aliphatic rings. The molecule has 13 heavy (non-hydrogen) atoms. The molecule has 0 spiro atoms. The van der Waals surface area contributed by atoms with Gasteiger partial charge in [-0.3, -0.25) is 4.79 Å². The highest BCUT2D eigenvalue weighted by Gasteiger charge is 2.27. The van der Waals surface area contributed by atoms with Crippen molar-refractivity contribution in [3.63, 3.8) is 0 Å². The van der Waals surface area contributed by atoms with E-state index in [0.717, 1.165) is 6.21 Å². The van der Waals surface area contributed by atoms with E-state index >= 15 is 0 Å². The quantitative estimate of drug-likeness (QED) is 0.334. The lowest BCUT2D eigenvalue weighted by atomic mass is 9.93. The summed E-state index contributed by atoms with van der Waals surface area (Å²) in [6.07, 6.45) is 1.43. The maximum Gasteiger partial charge on any atom is 0.321 e. The summed E-state index contributed by atoms with van der Waals surface area (Å²) in [6, 6.07) is -1.17. The van der Waals surface area contributed by atoms with E-state index in [2.05, 4.69) is 6.58 Å². The molecule has 0 aromatic carbocycles. The van der Waals surface area contributed by atoms with Crippen molar-refractivity contribution in [2.75, 3.05) is 0 Å². The summed E-state index contributed by atoms with van der Waals surface area (Å²) in [5, 5.41) is 24.7. The second kappa shape index (κ2) is 5.45. The van der Waals surface area contributed by atoms with Crippen molar-refractivity contribution in [1.29, 1.82) is 5.41 Å². The molecule has 0 aromatic heterocycles. The Kier molecular flexibility index (Phi) is 4.94. The van der Waals surface area contributed by atoms with Crippen LogP contribution in [0, 0.1) is 11.3 Å². The van der Waals surface area contributed by atoms with Crippen LogP contribution in [0.25, 0.3) is 0 Å². The average molecular weight is 186 g/mol. The monoisotopic (exact) mass is 186 g/mol. The summed E-state index contributed by atoms with van der Waals surface area (Å²) >= 11 is 0. The van der Waals surface area contributed by atoms with Crippen molar-refractivity contribution in [3.05, 3.63) is 12.7 Å². The molecule has 0 saturated carbocycles. The zero-order chi connectivity index (χ0) is 10.4. The van der Waals surface area contributed by atoms with Gasteiger partial charge in [-0.25, -0.2) is 0 Å². The van der Waals surface area contributed by atoms with E-state index < -0.39 is 24.0 Å². The first-order valence-corrected chi connectivity index (χ1v) is 3.82. The zero-order valence-corrected chi connectivity index (χ0v) is 7.18. The minimum Gasteiger partial charge on any atom is -0.480 e. The molecule has 0 aliphatic heterocycles. The third kappa shape index (κ3) is 3.35. The number of hydrogen-bond acceptors (Lipinski definition) is 4. The molecule has 0 fully saturated rings. The molecule has 0 rings (SSSR count). The highest BCUT2D eigenvalue weighted by Crippen LogP contribution is 2.11. The first-order chi connectivity index (χ1) is 6.04. The fourth-order valence-electron chi connectivity index (χ4n) is 0.986. The smallest absolute Gasteiger partial charge is 0.321 e. The molecular formula is C8H14N2O3. The van der Waals surface area contributed by atoms with Crippen molar-refractivity contribution in [3.8, 4) is 0 Å². The number of carboxylic acid groups (broad SMARTS) is 1. The van der Waals surface area contributed by atoms with Crippen LogP contribution in [0.15, 0.2) is 12.7 Å². The Bertz CT molecular complexity index is 206. The lowest BCUT2D eigenvalue weighted by Gasteiger charge is -2.21. The van der Waals surface area contributed by atoms with Crippen molar-refractivity contribution < 1.29 is 15.0 Å². The maximum atomic E-state index is 10.5. The highest BCUT2D eigenvalue weighted by atomic mass is 16.4. The Balaban J connectivity index is 4.39. The Morgan fingerprint density at radius 3 is 2.54 bits per heavy atom. The highest BCUT2D eigenvalue weighted by molar-refractivity contribution is 5.74. The Hall–Kier alpha value is -1.20. The second-order valence-electron chi connectivity index (χ2n) is 2.68. The molecule has 0 heterocycles. The summed E-state index contributed by atoms with van der Waals surface area (Å²) in [5.41, 5.74) is 5.30. The molecule has 1 unspecified atom stereocenters. The van der Waals surface area contributed by atoms with E-state index in [1.54, 1.807) is 0 Å². The van der Waals surface area contributed by atoms with Gasteiger partial charge in [0.1, 0.15) is 6.04 Å². The van der Waals surface area contributed by atoms with Gasteiger partial charge in [0.25, 0.3) is 0 Å². The fourth-order valence-corrected chi connectivity index (χ4v) is 0.986. The molecule has 0 bridgehead atoms. The van der Waals surface area contributed by atoms with Gasteiger partial charge in [-0.05, 0) is 6.21 Å². The molecule has 0 amide bonds. The van der Waals surface area contributed by atoms with Crippen LogP contribution in [0.2, 0.25) is 0 Å². The van der Waals surface area contributed by atoms with E-state index in [4.69, 9.17) is 16.2 Å². The molecule has 0 radical (unpaired) electrons. The predicted molar refractivity (Wildman–Crippen MR) is 48.7 cm³/mol. The summed E-state index contributed by atoms with van der Waals surface area (Å²) in [4.78, 5) is 10.5. The number of nitrogens with two attached hydrogens (primary N) is 1. The van der Waals surface area contributed by atoms with E-state index in [1.807, 2.05) is 0 Å². The van der Waals surface area contributed by atoms with Crippen molar-refractivity contribution in [1.82, 2.24) is 0 Å². The molecule has 5 heteroatoms. The minimum absolute atomic E-state index is 0.0810. The second-order valence-corrected chi connectivity index (χ2v) is 2.68. The van der Waals surface area contributed by atoms with Crippen molar-refractivity contribution in [2.45, 2.75) is 18.6 Å².